The van der Waals surface area contributed by atoms with E-state index in [-0.39, 0.29) is 12.1 Å². The summed E-state index contributed by atoms with van der Waals surface area (Å²) >= 11 is 6.04. The molecule has 0 radical (unpaired) electrons. The van der Waals surface area contributed by atoms with Crippen LogP contribution < -0.4 is 15.4 Å². The van der Waals surface area contributed by atoms with Crippen LogP contribution in [0.15, 0.2) is 103 Å². The molecule has 0 heterocycles. The number of aliphatic hydroxyl groups excluding tert-OH is 2. The molecule has 0 aliphatic rings. The van der Waals surface area contributed by atoms with E-state index in [2.05, 4.69) is 48.7 Å². The van der Waals surface area contributed by atoms with Crippen LogP contribution >= 0.6 is 11.6 Å². The van der Waals surface area contributed by atoms with Crippen molar-refractivity contribution in [2.45, 2.75) is 57.6 Å². The van der Waals surface area contributed by atoms with Crippen molar-refractivity contribution in [1.29, 1.82) is 0 Å². The summed E-state index contributed by atoms with van der Waals surface area (Å²) in [6.45, 7) is 5.74. The molecular formula is C35H41ClN2O3. The summed E-state index contributed by atoms with van der Waals surface area (Å²) in [4.78, 5) is 0. The van der Waals surface area contributed by atoms with E-state index >= 15 is 0 Å². The van der Waals surface area contributed by atoms with Crippen LogP contribution in [0.4, 0.5) is 0 Å². The Labute approximate surface area is 249 Å². The van der Waals surface area contributed by atoms with Crippen LogP contribution in [0, 0.1) is 0 Å². The van der Waals surface area contributed by atoms with E-state index in [4.69, 9.17) is 16.3 Å². The zero-order chi connectivity index (χ0) is 29.0. The van der Waals surface area contributed by atoms with E-state index in [1.54, 1.807) is 6.07 Å². The molecule has 4 aromatic rings. The molecule has 216 valence electrons. The molecule has 0 amide bonds. The second-order valence-electron chi connectivity index (χ2n) is 10.8. The summed E-state index contributed by atoms with van der Waals surface area (Å²) in [6, 6.07) is 34.2. The third kappa shape index (κ3) is 10.3. The van der Waals surface area contributed by atoms with Crippen molar-refractivity contribution in [1.82, 2.24) is 10.6 Å². The van der Waals surface area contributed by atoms with E-state index in [1.807, 2.05) is 72.8 Å². The van der Waals surface area contributed by atoms with Crippen molar-refractivity contribution in [2.24, 2.45) is 0 Å². The molecule has 0 saturated carbocycles. The molecule has 5 nitrogen and oxygen atoms in total. The minimum atomic E-state index is -0.593. The van der Waals surface area contributed by atoms with Crippen LogP contribution in [0.2, 0.25) is 5.02 Å². The fourth-order valence-corrected chi connectivity index (χ4v) is 4.96. The quantitative estimate of drug-likeness (QED) is 0.132. The third-order valence-electron chi connectivity index (χ3n) is 7.17. The van der Waals surface area contributed by atoms with Crippen molar-refractivity contribution in [2.75, 3.05) is 13.1 Å². The number of nitrogens with one attached hydrogen (secondary N) is 2. The lowest BCUT2D eigenvalue weighted by Crippen LogP contribution is -2.32. The van der Waals surface area contributed by atoms with Gasteiger partial charge in [0.15, 0.2) is 0 Å². The average molecular weight is 573 g/mol. The Morgan fingerprint density at radius 3 is 1.76 bits per heavy atom. The first-order valence-electron chi connectivity index (χ1n) is 14.3. The fraction of sp³-hybridized carbons (Fsp3) is 0.314. The maximum atomic E-state index is 10.7. The molecule has 4 aromatic carbocycles. The van der Waals surface area contributed by atoms with Gasteiger partial charge < -0.3 is 25.6 Å². The van der Waals surface area contributed by atoms with Gasteiger partial charge in [0.2, 0.25) is 0 Å². The molecule has 4 rings (SSSR count). The topological polar surface area (TPSA) is 73.8 Å². The summed E-state index contributed by atoms with van der Waals surface area (Å²) in [5, 5.41) is 28.6. The van der Waals surface area contributed by atoms with Crippen LogP contribution in [0.1, 0.15) is 53.9 Å². The summed E-state index contributed by atoms with van der Waals surface area (Å²) < 4.78 is 5.85. The molecule has 6 heteroatoms. The molecule has 0 saturated heterocycles. The number of hydrogen-bond donors (Lipinski definition) is 4. The maximum Gasteiger partial charge on any atom is 0.119 e. The average Bonchev–Trinajstić information content (AvgIpc) is 2.99. The van der Waals surface area contributed by atoms with Gasteiger partial charge in [-0.05, 0) is 78.8 Å². The summed E-state index contributed by atoms with van der Waals surface area (Å²) in [7, 11) is 0. The highest BCUT2D eigenvalue weighted by Gasteiger charge is 2.12. The molecule has 0 aliphatic carbocycles. The standard InChI is InChI=1S/C35H41ClN2O3/c1-25(37-22-34(39)30-15-17-33(18-16-30)41-24-29-7-4-3-5-8-29)19-27-11-13-28(14-12-27)20-26(2)38-23-35(40)31-9-6-10-32(36)21-31/h3-18,21,25-26,34-35,37-40H,19-20,22-24H2,1-2H3/t25-,26-,34+,35+/m1/s1. The minimum absolute atomic E-state index is 0.220. The van der Waals surface area contributed by atoms with Crippen molar-refractivity contribution in [3.8, 4) is 5.75 Å². The molecule has 4 atom stereocenters. The second kappa shape index (κ2) is 15.7. The SMILES string of the molecule is C[C@H](Cc1ccc(C[C@@H](C)NC[C@H](O)c2cccc(Cl)c2)cc1)NC[C@H](O)c1ccc(OCc2ccccc2)cc1. The summed E-state index contributed by atoms with van der Waals surface area (Å²) in [5.74, 6) is 0.787. The van der Waals surface area contributed by atoms with Gasteiger partial charge in [0.05, 0.1) is 12.2 Å². The highest BCUT2D eigenvalue weighted by molar-refractivity contribution is 6.30. The smallest absolute Gasteiger partial charge is 0.119 e. The lowest BCUT2D eigenvalue weighted by molar-refractivity contribution is 0.170. The largest absolute Gasteiger partial charge is 0.489 e. The first-order valence-corrected chi connectivity index (χ1v) is 14.7. The van der Waals surface area contributed by atoms with Crippen molar-refractivity contribution < 1.29 is 14.9 Å². The first-order chi connectivity index (χ1) is 19.9. The number of halogens is 1. The normalized spacial score (nSPS) is 14.3. The van der Waals surface area contributed by atoms with E-state index in [0.29, 0.717) is 24.7 Å². The Kier molecular flexibility index (Phi) is 11.8. The molecule has 0 aromatic heterocycles. The Bertz CT molecular complexity index is 1320. The van der Waals surface area contributed by atoms with Crippen molar-refractivity contribution >= 4 is 11.6 Å². The van der Waals surface area contributed by atoms with Crippen molar-refractivity contribution in [3.05, 3.63) is 136 Å². The van der Waals surface area contributed by atoms with E-state index in [0.717, 1.165) is 35.3 Å². The minimum Gasteiger partial charge on any atom is -0.489 e. The number of benzene rings is 4. The van der Waals surface area contributed by atoms with Gasteiger partial charge in [0.25, 0.3) is 0 Å². The number of hydrogen-bond acceptors (Lipinski definition) is 5. The number of rotatable bonds is 15. The highest BCUT2D eigenvalue weighted by Crippen LogP contribution is 2.20. The molecule has 0 bridgehead atoms. The van der Waals surface area contributed by atoms with Crippen LogP contribution in [-0.4, -0.2) is 35.4 Å². The van der Waals surface area contributed by atoms with Gasteiger partial charge in [0, 0.05) is 30.2 Å². The summed E-state index contributed by atoms with van der Waals surface area (Å²) in [5.41, 5.74) is 5.30. The van der Waals surface area contributed by atoms with Crippen LogP contribution in [0.5, 0.6) is 5.75 Å². The molecule has 0 spiro atoms. The Balaban J connectivity index is 1.15. The molecule has 0 fully saturated rings. The predicted molar refractivity (Wildman–Crippen MR) is 167 cm³/mol. The Morgan fingerprint density at radius 2 is 1.20 bits per heavy atom. The second-order valence-corrected chi connectivity index (χ2v) is 11.2. The zero-order valence-electron chi connectivity index (χ0n) is 23.8. The van der Waals surface area contributed by atoms with Gasteiger partial charge in [-0.25, -0.2) is 0 Å². The van der Waals surface area contributed by atoms with Gasteiger partial charge in [-0.2, -0.15) is 0 Å². The van der Waals surface area contributed by atoms with Crippen LogP contribution in [0.3, 0.4) is 0 Å². The number of aliphatic hydroxyl groups is 2. The number of ether oxygens (including phenoxy) is 1. The third-order valence-corrected chi connectivity index (χ3v) is 7.41. The molecule has 4 N–H and O–H groups in total. The fourth-order valence-electron chi connectivity index (χ4n) is 4.77. The van der Waals surface area contributed by atoms with Gasteiger partial charge in [-0.3, -0.25) is 0 Å². The maximum absolute atomic E-state index is 10.7. The lowest BCUT2D eigenvalue weighted by atomic mass is 10.0. The molecule has 0 aliphatic heterocycles. The predicted octanol–water partition coefficient (Wildman–Crippen LogP) is 6.43. The highest BCUT2D eigenvalue weighted by atomic mass is 35.5. The van der Waals surface area contributed by atoms with Crippen molar-refractivity contribution in [3.63, 3.8) is 0 Å². The first kappa shape index (κ1) is 30.8. The Morgan fingerprint density at radius 1 is 0.634 bits per heavy atom. The van der Waals surface area contributed by atoms with Gasteiger partial charge in [-0.1, -0.05) is 90.5 Å². The van der Waals surface area contributed by atoms with Crippen LogP contribution in [0.25, 0.3) is 0 Å². The van der Waals surface area contributed by atoms with Crippen LogP contribution in [-0.2, 0) is 19.4 Å². The Hall–Kier alpha value is -3.19. The molecule has 0 unspecified atom stereocenters. The summed E-state index contributed by atoms with van der Waals surface area (Å²) in [6.07, 6.45) is 0.566. The van der Waals surface area contributed by atoms with Gasteiger partial charge in [0.1, 0.15) is 12.4 Å². The van der Waals surface area contributed by atoms with E-state index < -0.39 is 12.2 Å². The van der Waals surface area contributed by atoms with Gasteiger partial charge >= 0.3 is 0 Å². The van der Waals surface area contributed by atoms with E-state index in [1.165, 1.54) is 11.1 Å². The zero-order valence-corrected chi connectivity index (χ0v) is 24.6. The molecular weight excluding hydrogens is 532 g/mol. The monoisotopic (exact) mass is 572 g/mol. The molecule has 41 heavy (non-hydrogen) atoms. The van der Waals surface area contributed by atoms with E-state index in [9.17, 15) is 10.2 Å². The lowest BCUT2D eigenvalue weighted by Gasteiger charge is -2.19. The van der Waals surface area contributed by atoms with Gasteiger partial charge in [-0.15, -0.1) is 0 Å².